The first-order valence-corrected chi connectivity index (χ1v) is 18.2. The van der Waals surface area contributed by atoms with Crippen LogP contribution in [0, 0.1) is 0 Å². The molecule has 0 saturated heterocycles. The van der Waals surface area contributed by atoms with Gasteiger partial charge in [0, 0.05) is 37.6 Å². The van der Waals surface area contributed by atoms with Crippen molar-refractivity contribution in [3.8, 4) is 0 Å². The maximum Gasteiger partial charge on any atom is 0.328 e. The van der Waals surface area contributed by atoms with Crippen LogP contribution < -0.4 is 22.5 Å². The molecule has 3 rings (SSSR count). The molecule has 0 aliphatic rings. The van der Waals surface area contributed by atoms with Gasteiger partial charge < -0.3 is 19.0 Å². The molecule has 262 valence electrons. The minimum Gasteiger partial charge on any atom is -0.465 e. The van der Waals surface area contributed by atoms with E-state index in [-0.39, 0.29) is 57.5 Å². The van der Waals surface area contributed by atoms with Gasteiger partial charge in [0.05, 0.1) is 32.5 Å². The minimum absolute atomic E-state index is 0.00330. The Labute approximate surface area is 276 Å². The highest BCUT2D eigenvalue weighted by atomic mass is 28.4. The standard InChI is InChI=1S/C29H43N9O9Si/c1-7-46-26(43)20-34(24(41)18-36-10-8-22(39)30-27(36)44)12-13-38-17-21(32-33-38)16-35(14-15-47-48(5,6)29(2,3)4)25(42)19-37-11-9-23(40)31-28(37)45/h8-11,17H,7,12-16,18-20H2,1-6H3,(H,30,39,44)(H,31,40,45). The number of aromatic nitrogens is 7. The van der Waals surface area contributed by atoms with Gasteiger partial charge in [0.2, 0.25) is 11.8 Å². The molecule has 3 aromatic heterocycles. The Morgan fingerprint density at radius 1 is 0.896 bits per heavy atom. The molecule has 18 nitrogen and oxygen atoms in total. The fourth-order valence-corrected chi connectivity index (χ4v) is 5.18. The third-order valence-electron chi connectivity index (χ3n) is 7.90. The quantitative estimate of drug-likeness (QED) is 0.139. The highest BCUT2D eigenvalue weighted by Crippen LogP contribution is 2.36. The van der Waals surface area contributed by atoms with E-state index in [1.807, 2.05) is 0 Å². The Hall–Kier alpha value is -4.91. The van der Waals surface area contributed by atoms with Gasteiger partial charge >= 0.3 is 17.3 Å². The molecule has 48 heavy (non-hydrogen) atoms. The summed E-state index contributed by atoms with van der Waals surface area (Å²) in [4.78, 5) is 92.8. The second kappa shape index (κ2) is 16.3. The lowest BCUT2D eigenvalue weighted by Crippen LogP contribution is -2.44. The van der Waals surface area contributed by atoms with Crippen LogP contribution in [-0.4, -0.2) is 103 Å². The van der Waals surface area contributed by atoms with E-state index in [2.05, 4.69) is 54.1 Å². The monoisotopic (exact) mass is 689 g/mol. The molecule has 3 aromatic rings. The number of esters is 1. The van der Waals surface area contributed by atoms with Gasteiger partial charge in [-0.15, -0.1) is 5.10 Å². The van der Waals surface area contributed by atoms with Gasteiger partial charge in [-0.2, -0.15) is 0 Å². The Bertz CT molecular complexity index is 1820. The van der Waals surface area contributed by atoms with Crippen LogP contribution in [-0.2, 0) is 49.7 Å². The molecule has 19 heteroatoms. The second-order valence-electron chi connectivity index (χ2n) is 12.5. The lowest BCUT2D eigenvalue weighted by molar-refractivity contribution is -0.149. The Morgan fingerprint density at radius 3 is 1.98 bits per heavy atom. The lowest BCUT2D eigenvalue weighted by atomic mass is 10.2. The first-order chi connectivity index (χ1) is 22.5. The predicted molar refractivity (Wildman–Crippen MR) is 174 cm³/mol. The summed E-state index contributed by atoms with van der Waals surface area (Å²) >= 11 is 0. The van der Waals surface area contributed by atoms with E-state index < -0.39 is 55.1 Å². The predicted octanol–water partition coefficient (Wildman–Crippen LogP) is -0.879. The van der Waals surface area contributed by atoms with Crippen molar-refractivity contribution in [3.63, 3.8) is 0 Å². The highest BCUT2D eigenvalue weighted by molar-refractivity contribution is 6.74. The summed E-state index contributed by atoms with van der Waals surface area (Å²) in [5.41, 5.74) is -2.26. The van der Waals surface area contributed by atoms with E-state index in [1.54, 1.807) is 13.1 Å². The van der Waals surface area contributed by atoms with Crippen molar-refractivity contribution < 1.29 is 23.5 Å². The molecular formula is C29H43N9O9Si. The molecule has 0 spiro atoms. The van der Waals surface area contributed by atoms with Gasteiger partial charge in [0.15, 0.2) is 8.32 Å². The van der Waals surface area contributed by atoms with Crippen LogP contribution in [0.4, 0.5) is 0 Å². The van der Waals surface area contributed by atoms with Crippen molar-refractivity contribution in [1.82, 2.24) is 43.9 Å². The second-order valence-corrected chi connectivity index (χ2v) is 17.3. The molecule has 3 heterocycles. The largest absolute Gasteiger partial charge is 0.465 e. The molecular weight excluding hydrogens is 646 g/mol. The van der Waals surface area contributed by atoms with E-state index >= 15 is 0 Å². The van der Waals surface area contributed by atoms with E-state index in [0.29, 0.717) is 5.69 Å². The van der Waals surface area contributed by atoms with Crippen molar-refractivity contribution >= 4 is 26.1 Å². The lowest BCUT2D eigenvalue weighted by Gasteiger charge is -2.36. The average molecular weight is 690 g/mol. The molecule has 0 radical (unpaired) electrons. The van der Waals surface area contributed by atoms with Gasteiger partial charge in [0.1, 0.15) is 25.3 Å². The number of hydrogen-bond donors (Lipinski definition) is 2. The van der Waals surface area contributed by atoms with E-state index in [0.717, 1.165) is 21.3 Å². The number of H-pyrrole nitrogens is 2. The van der Waals surface area contributed by atoms with Crippen molar-refractivity contribution in [2.75, 3.05) is 32.8 Å². The summed E-state index contributed by atoms with van der Waals surface area (Å²) in [6.07, 6.45) is 4.01. The number of hydrogen-bond acceptors (Lipinski definition) is 11. The van der Waals surface area contributed by atoms with Crippen molar-refractivity contribution in [2.24, 2.45) is 0 Å². The summed E-state index contributed by atoms with van der Waals surface area (Å²) in [6.45, 7) is 11.7. The van der Waals surface area contributed by atoms with Crippen molar-refractivity contribution in [2.45, 2.75) is 72.0 Å². The number of carbonyl (C=O) groups excluding carboxylic acids is 3. The molecule has 0 unspecified atom stereocenters. The molecule has 0 atom stereocenters. The third kappa shape index (κ3) is 10.8. The molecule has 0 aliphatic heterocycles. The Kier molecular flexibility index (Phi) is 12.7. The molecule has 0 aromatic carbocycles. The van der Waals surface area contributed by atoms with E-state index in [1.165, 1.54) is 26.9 Å². The molecule has 2 N–H and O–H groups in total. The third-order valence-corrected chi connectivity index (χ3v) is 12.4. The van der Waals surface area contributed by atoms with Gasteiger partial charge in [0.25, 0.3) is 11.1 Å². The zero-order valence-corrected chi connectivity index (χ0v) is 29.1. The summed E-state index contributed by atoms with van der Waals surface area (Å²) in [6, 6.07) is 2.26. The van der Waals surface area contributed by atoms with Crippen LogP contribution >= 0.6 is 0 Å². The number of carbonyl (C=O) groups is 3. The van der Waals surface area contributed by atoms with Gasteiger partial charge in [-0.05, 0) is 25.1 Å². The maximum absolute atomic E-state index is 13.4. The Morgan fingerprint density at radius 2 is 1.46 bits per heavy atom. The summed E-state index contributed by atoms with van der Waals surface area (Å²) < 4.78 is 14.8. The van der Waals surface area contributed by atoms with Crippen LogP contribution in [0.3, 0.4) is 0 Å². The van der Waals surface area contributed by atoms with Crippen LogP contribution in [0.1, 0.15) is 33.4 Å². The van der Waals surface area contributed by atoms with Crippen molar-refractivity contribution in [1.29, 1.82) is 0 Å². The van der Waals surface area contributed by atoms with Crippen LogP contribution in [0.15, 0.2) is 49.9 Å². The number of amides is 2. The van der Waals surface area contributed by atoms with E-state index in [4.69, 9.17) is 9.16 Å². The number of rotatable bonds is 16. The fourth-order valence-electron chi connectivity index (χ4n) is 4.14. The summed E-state index contributed by atoms with van der Waals surface area (Å²) in [5.74, 6) is -1.63. The van der Waals surface area contributed by atoms with Gasteiger partial charge in [-0.25, -0.2) is 9.59 Å². The van der Waals surface area contributed by atoms with Gasteiger partial charge in [-0.3, -0.25) is 47.8 Å². The maximum atomic E-state index is 13.4. The number of nitrogens with zero attached hydrogens (tertiary/aromatic N) is 7. The molecule has 2 amide bonds. The number of aromatic amines is 2. The van der Waals surface area contributed by atoms with Crippen LogP contribution in [0.25, 0.3) is 0 Å². The van der Waals surface area contributed by atoms with E-state index in [9.17, 15) is 33.6 Å². The first kappa shape index (κ1) is 37.5. The highest BCUT2D eigenvalue weighted by Gasteiger charge is 2.37. The SMILES string of the molecule is CCOC(=O)CN(CCn1cc(CN(CCO[Si](C)(C)C(C)(C)C)C(=O)Cn2ccc(=O)[nH]c2=O)nn1)C(=O)Cn1ccc(=O)[nH]c1=O. The molecule has 0 bridgehead atoms. The summed E-state index contributed by atoms with van der Waals surface area (Å²) in [7, 11) is -2.13. The molecule has 0 fully saturated rings. The summed E-state index contributed by atoms with van der Waals surface area (Å²) in [5, 5.41) is 8.22. The zero-order chi connectivity index (χ0) is 35.6. The van der Waals surface area contributed by atoms with Crippen LogP contribution in [0.2, 0.25) is 18.1 Å². The normalized spacial score (nSPS) is 11.7. The topological polar surface area (TPSA) is 217 Å². The number of ether oxygens (including phenoxy) is 1. The average Bonchev–Trinajstić information content (AvgIpc) is 3.44. The Balaban J connectivity index is 1.74. The first-order valence-electron chi connectivity index (χ1n) is 15.3. The fraction of sp³-hybridized carbons (Fsp3) is 0.552. The minimum atomic E-state index is -2.13. The number of nitrogens with one attached hydrogen (secondary N) is 2. The molecule has 0 aliphatic carbocycles. The van der Waals surface area contributed by atoms with Gasteiger partial charge in [-0.1, -0.05) is 26.0 Å². The zero-order valence-electron chi connectivity index (χ0n) is 28.1. The smallest absolute Gasteiger partial charge is 0.328 e. The van der Waals surface area contributed by atoms with Crippen molar-refractivity contribution in [3.05, 3.63) is 78.1 Å². The molecule has 0 saturated carbocycles. The van der Waals surface area contributed by atoms with Crippen LogP contribution in [0.5, 0.6) is 0 Å².